The van der Waals surface area contributed by atoms with Crippen molar-refractivity contribution < 1.29 is 115 Å². The molecular weight excluding hydrogens is 656 g/mol. The van der Waals surface area contributed by atoms with E-state index in [2.05, 4.69) is 4.74 Å². The summed E-state index contributed by atoms with van der Waals surface area (Å²) < 4.78 is 24.8. The highest BCUT2D eigenvalue weighted by Crippen LogP contribution is 2.36. The summed E-state index contributed by atoms with van der Waals surface area (Å²) in [5.41, 5.74) is -3.30. The number of hydrogen-bond donors (Lipinski definition) is 15. The summed E-state index contributed by atoms with van der Waals surface area (Å²) in [6.45, 7) is -4.16. The van der Waals surface area contributed by atoms with Crippen LogP contribution in [0.2, 0.25) is 0 Å². The molecule has 47 heavy (non-hydrogen) atoms. The fourth-order valence-corrected chi connectivity index (χ4v) is 4.49. The lowest BCUT2D eigenvalue weighted by atomic mass is 9.95. The highest BCUT2D eigenvalue weighted by Gasteiger charge is 2.58. The van der Waals surface area contributed by atoms with E-state index in [-0.39, 0.29) is 0 Å². The molecule has 23 nitrogen and oxygen atoms in total. The number of carboxylic acid groups (broad SMARTS) is 1. The standard InChI is InChI=1S/C24H40O23/c25-3-7(28)12(31)15(34)17(36)20(39)45-11(30)2-23(42,22(40)41)1-10(29)43-5-9-13(32)16(35)18(37)21(44-9)47-24(6-27)19(38)14(33)8(4-26)46-24/h7-9,12-21,25-28,31-39,42H,1-6H2,(H,40,41)/t7-,8-,9-,12-,13-,14-,15+,16+,17+,18-,19+,20?,21-,23?,24+/m1/s1. The molecule has 0 aliphatic carbocycles. The van der Waals surface area contributed by atoms with Crippen LogP contribution in [0.25, 0.3) is 0 Å². The van der Waals surface area contributed by atoms with Crippen molar-refractivity contribution >= 4 is 17.9 Å². The number of aliphatic hydroxyl groups excluding tert-OH is 13. The fraction of sp³-hybridized carbons (Fsp3) is 0.875. The molecule has 23 heteroatoms. The number of carboxylic acids is 1. The van der Waals surface area contributed by atoms with Gasteiger partial charge in [0, 0.05) is 0 Å². The lowest BCUT2D eigenvalue weighted by molar-refractivity contribution is -0.383. The quantitative estimate of drug-likeness (QED) is 0.0495. The summed E-state index contributed by atoms with van der Waals surface area (Å²) >= 11 is 0. The number of esters is 2. The average molecular weight is 697 g/mol. The maximum Gasteiger partial charge on any atom is 0.336 e. The normalized spacial score (nSPS) is 35.6. The molecule has 0 saturated carbocycles. The molecule has 2 unspecified atom stereocenters. The molecular formula is C24H40O23. The molecule has 15 atom stereocenters. The number of carbonyl (C=O) groups is 3. The molecule has 2 rings (SSSR count). The summed E-state index contributed by atoms with van der Waals surface area (Å²) in [7, 11) is 0. The molecule has 2 fully saturated rings. The van der Waals surface area contributed by atoms with Crippen molar-refractivity contribution in [3.05, 3.63) is 0 Å². The topological polar surface area (TPSA) is 401 Å². The number of rotatable bonds is 17. The molecule has 15 N–H and O–H groups in total. The van der Waals surface area contributed by atoms with Gasteiger partial charge in [0.05, 0.1) is 26.1 Å². The Morgan fingerprint density at radius 3 is 1.89 bits per heavy atom. The van der Waals surface area contributed by atoms with E-state index < -0.39 is 148 Å². The third-order valence-corrected chi connectivity index (χ3v) is 7.40. The number of carbonyl (C=O) groups excluding carboxylic acids is 2. The van der Waals surface area contributed by atoms with Crippen molar-refractivity contribution in [1.82, 2.24) is 0 Å². The predicted molar refractivity (Wildman–Crippen MR) is 138 cm³/mol. The van der Waals surface area contributed by atoms with Crippen LogP contribution in [-0.2, 0) is 38.1 Å². The van der Waals surface area contributed by atoms with Crippen LogP contribution < -0.4 is 0 Å². The number of aliphatic carboxylic acids is 1. The monoisotopic (exact) mass is 696 g/mol. The van der Waals surface area contributed by atoms with E-state index in [1.54, 1.807) is 0 Å². The van der Waals surface area contributed by atoms with Gasteiger partial charge in [0.15, 0.2) is 11.9 Å². The van der Waals surface area contributed by atoms with Crippen LogP contribution in [-0.4, -0.2) is 212 Å². The van der Waals surface area contributed by atoms with Crippen LogP contribution in [0.5, 0.6) is 0 Å². The van der Waals surface area contributed by atoms with Crippen molar-refractivity contribution in [1.29, 1.82) is 0 Å². The van der Waals surface area contributed by atoms with Gasteiger partial charge in [-0.1, -0.05) is 0 Å². The van der Waals surface area contributed by atoms with Crippen molar-refractivity contribution in [3.8, 4) is 0 Å². The SMILES string of the molecule is O=C(CC(O)(CC(=O)OC(O)[C@@H](O)[C@@H](O)[C@H](O)[C@H](O)CO)C(=O)O)OC[C@H]1O[C@H](O[C@]2(CO)O[C@H](CO)[C@@H](O)[C@@H]2O)[C@H](O)[C@@H](O)[C@@H]1O. The van der Waals surface area contributed by atoms with Gasteiger partial charge < -0.3 is 100 Å². The lowest BCUT2D eigenvalue weighted by Gasteiger charge is -2.43. The van der Waals surface area contributed by atoms with E-state index in [1.165, 1.54) is 0 Å². The van der Waals surface area contributed by atoms with Crippen molar-refractivity contribution in [3.63, 3.8) is 0 Å². The highest BCUT2D eigenvalue weighted by atomic mass is 16.8. The summed E-state index contributed by atoms with van der Waals surface area (Å²) in [6.07, 6.45) is -30.3. The molecule has 0 spiro atoms. The predicted octanol–water partition coefficient (Wildman–Crippen LogP) is -9.95. The first-order valence-corrected chi connectivity index (χ1v) is 13.7. The van der Waals surface area contributed by atoms with Gasteiger partial charge in [0.2, 0.25) is 12.1 Å². The Balaban J connectivity index is 2.04. The molecule has 0 amide bonds. The van der Waals surface area contributed by atoms with Gasteiger partial charge in [0.1, 0.15) is 80.4 Å². The average Bonchev–Trinajstić information content (AvgIpc) is 3.27. The zero-order valence-corrected chi connectivity index (χ0v) is 24.2. The Kier molecular flexibility index (Phi) is 14.7. The summed E-state index contributed by atoms with van der Waals surface area (Å²) in [4.78, 5) is 36.3. The zero-order chi connectivity index (χ0) is 36.0. The smallest absolute Gasteiger partial charge is 0.336 e. The van der Waals surface area contributed by atoms with Crippen molar-refractivity contribution in [2.24, 2.45) is 0 Å². The number of hydrogen-bond acceptors (Lipinski definition) is 22. The van der Waals surface area contributed by atoms with Gasteiger partial charge in [-0.15, -0.1) is 0 Å². The molecule has 2 aliphatic heterocycles. The fourth-order valence-electron chi connectivity index (χ4n) is 4.49. The molecule has 0 radical (unpaired) electrons. The Morgan fingerprint density at radius 1 is 0.787 bits per heavy atom. The Hall–Kier alpha value is -2.27. The molecule has 2 aliphatic rings. The van der Waals surface area contributed by atoms with Crippen LogP contribution >= 0.6 is 0 Å². The van der Waals surface area contributed by atoms with Gasteiger partial charge in [-0.05, 0) is 0 Å². The van der Waals surface area contributed by atoms with Gasteiger partial charge in [-0.25, -0.2) is 4.79 Å². The van der Waals surface area contributed by atoms with Crippen LogP contribution in [0.3, 0.4) is 0 Å². The largest absolute Gasteiger partial charge is 0.479 e. The molecule has 2 saturated heterocycles. The summed E-state index contributed by atoms with van der Waals surface area (Å²) in [6, 6.07) is 0. The van der Waals surface area contributed by atoms with Gasteiger partial charge in [0.25, 0.3) is 0 Å². The first-order chi connectivity index (χ1) is 21.8. The van der Waals surface area contributed by atoms with Gasteiger partial charge >= 0.3 is 17.9 Å². The van der Waals surface area contributed by atoms with Crippen molar-refractivity contribution in [2.45, 2.75) is 104 Å². The maximum absolute atomic E-state index is 12.4. The van der Waals surface area contributed by atoms with Crippen LogP contribution in [0.4, 0.5) is 0 Å². The molecule has 0 aromatic carbocycles. The lowest BCUT2D eigenvalue weighted by Crippen LogP contribution is -2.63. The zero-order valence-electron chi connectivity index (χ0n) is 24.2. The maximum atomic E-state index is 12.4. The molecule has 274 valence electrons. The third-order valence-electron chi connectivity index (χ3n) is 7.40. The number of ether oxygens (including phenoxy) is 5. The Bertz CT molecular complexity index is 1050. The Morgan fingerprint density at radius 2 is 1.38 bits per heavy atom. The second-order valence-corrected chi connectivity index (χ2v) is 10.9. The van der Waals surface area contributed by atoms with E-state index in [1.807, 2.05) is 0 Å². The minimum atomic E-state index is -3.30. The summed E-state index contributed by atoms with van der Waals surface area (Å²) in [5, 5.41) is 147. The third kappa shape index (κ3) is 9.46. The first-order valence-electron chi connectivity index (χ1n) is 13.7. The molecule has 0 aromatic heterocycles. The minimum absolute atomic E-state index is 0.843. The molecule has 2 heterocycles. The van der Waals surface area contributed by atoms with E-state index in [4.69, 9.17) is 24.1 Å². The first kappa shape index (κ1) is 40.9. The van der Waals surface area contributed by atoms with Crippen LogP contribution in [0.15, 0.2) is 0 Å². The Labute approximate surface area is 263 Å². The van der Waals surface area contributed by atoms with Gasteiger partial charge in [-0.2, -0.15) is 0 Å². The highest BCUT2D eigenvalue weighted by molar-refractivity contribution is 5.89. The minimum Gasteiger partial charge on any atom is -0.479 e. The van der Waals surface area contributed by atoms with E-state index in [9.17, 15) is 85.9 Å². The number of aliphatic hydroxyl groups is 14. The van der Waals surface area contributed by atoms with E-state index in [0.29, 0.717) is 0 Å². The van der Waals surface area contributed by atoms with Crippen LogP contribution in [0, 0.1) is 0 Å². The van der Waals surface area contributed by atoms with Crippen LogP contribution in [0.1, 0.15) is 12.8 Å². The molecule has 0 aromatic rings. The molecule has 0 bridgehead atoms. The van der Waals surface area contributed by atoms with E-state index in [0.717, 1.165) is 0 Å². The second-order valence-electron chi connectivity index (χ2n) is 10.9. The van der Waals surface area contributed by atoms with Gasteiger partial charge in [-0.3, -0.25) is 9.59 Å². The van der Waals surface area contributed by atoms with Crippen molar-refractivity contribution in [2.75, 3.05) is 26.4 Å². The second kappa shape index (κ2) is 16.9. The van der Waals surface area contributed by atoms with E-state index >= 15 is 0 Å². The summed E-state index contributed by atoms with van der Waals surface area (Å²) in [5.74, 6) is -8.07.